The van der Waals surface area contributed by atoms with Gasteiger partial charge in [-0.3, -0.25) is 0 Å². The first-order valence-electron chi connectivity index (χ1n) is 9.87. The third-order valence-corrected chi connectivity index (χ3v) is 7.47. The molecule has 0 amide bonds. The Labute approximate surface area is 131 Å². The minimum Gasteiger partial charge on any atom is -0.396 e. The number of rotatable bonds is 5. The molecule has 3 aliphatic carbocycles. The summed E-state index contributed by atoms with van der Waals surface area (Å²) in [7, 11) is 0. The Kier molecular flexibility index (Phi) is 5.30. The molecule has 4 atom stereocenters. The molecule has 0 radical (unpaired) electrons. The van der Waals surface area contributed by atoms with Crippen LogP contribution in [0.4, 0.5) is 0 Å². The van der Waals surface area contributed by atoms with Crippen LogP contribution < -0.4 is 0 Å². The summed E-state index contributed by atoms with van der Waals surface area (Å²) in [4.78, 5) is 0. The zero-order chi connectivity index (χ0) is 14.7. The third kappa shape index (κ3) is 3.49. The fourth-order valence-electron chi connectivity index (χ4n) is 6.27. The molecule has 21 heavy (non-hydrogen) atoms. The van der Waals surface area contributed by atoms with Crippen molar-refractivity contribution in [3.05, 3.63) is 0 Å². The third-order valence-electron chi connectivity index (χ3n) is 7.47. The lowest BCUT2D eigenvalue weighted by Gasteiger charge is -2.43. The van der Waals surface area contributed by atoms with Crippen molar-refractivity contribution in [1.82, 2.24) is 0 Å². The molecule has 0 spiro atoms. The van der Waals surface area contributed by atoms with Crippen LogP contribution in [0.2, 0.25) is 0 Å². The minimum absolute atomic E-state index is 0.429. The number of hydrogen-bond acceptors (Lipinski definition) is 1. The van der Waals surface area contributed by atoms with Crippen LogP contribution in [0.5, 0.6) is 0 Å². The topological polar surface area (TPSA) is 20.2 Å². The van der Waals surface area contributed by atoms with Crippen molar-refractivity contribution in [2.24, 2.45) is 29.1 Å². The maximum atomic E-state index is 9.60. The molecule has 0 aromatic rings. The van der Waals surface area contributed by atoms with Gasteiger partial charge in [0.1, 0.15) is 0 Å². The Morgan fingerprint density at radius 1 is 0.952 bits per heavy atom. The van der Waals surface area contributed by atoms with Crippen LogP contribution >= 0.6 is 0 Å². The molecule has 0 aromatic heterocycles. The molecule has 0 bridgehead atoms. The van der Waals surface area contributed by atoms with Crippen LogP contribution in [0.3, 0.4) is 0 Å². The summed E-state index contributed by atoms with van der Waals surface area (Å²) < 4.78 is 0. The highest BCUT2D eigenvalue weighted by Crippen LogP contribution is 2.53. The van der Waals surface area contributed by atoms with Crippen molar-refractivity contribution in [2.45, 2.75) is 90.4 Å². The highest BCUT2D eigenvalue weighted by atomic mass is 16.3. The van der Waals surface area contributed by atoms with Crippen molar-refractivity contribution in [2.75, 3.05) is 6.61 Å². The summed E-state index contributed by atoms with van der Waals surface area (Å²) in [5.74, 6) is 3.75. The van der Waals surface area contributed by atoms with Crippen LogP contribution in [-0.2, 0) is 0 Å². The highest BCUT2D eigenvalue weighted by molar-refractivity contribution is 4.92. The molecule has 3 fully saturated rings. The molecule has 0 heterocycles. The van der Waals surface area contributed by atoms with Crippen LogP contribution in [0.25, 0.3) is 0 Å². The second-order valence-electron chi connectivity index (χ2n) is 8.60. The summed E-state index contributed by atoms with van der Waals surface area (Å²) in [6.45, 7) is 2.84. The second-order valence-corrected chi connectivity index (χ2v) is 8.60. The maximum Gasteiger partial charge on any atom is 0.0459 e. The van der Waals surface area contributed by atoms with E-state index in [2.05, 4.69) is 6.92 Å². The largest absolute Gasteiger partial charge is 0.396 e. The normalized spacial score (nSPS) is 41.7. The first-order chi connectivity index (χ1) is 10.3. The van der Waals surface area contributed by atoms with Crippen LogP contribution in [0.15, 0.2) is 0 Å². The molecular formula is C20H36O. The maximum absolute atomic E-state index is 9.60. The van der Waals surface area contributed by atoms with E-state index in [1.807, 2.05) is 0 Å². The van der Waals surface area contributed by atoms with Gasteiger partial charge in [0, 0.05) is 6.61 Å². The number of aliphatic hydroxyl groups is 1. The molecule has 0 aromatic carbocycles. The lowest BCUT2D eigenvalue weighted by Crippen LogP contribution is -2.33. The van der Waals surface area contributed by atoms with Gasteiger partial charge in [0.15, 0.2) is 0 Å². The molecule has 122 valence electrons. The average molecular weight is 293 g/mol. The summed E-state index contributed by atoms with van der Waals surface area (Å²) in [5, 5.41) is 9.60. The van der Waals surface area contributed by atoms with E-state index < -0.39 is 0 Å². The lowest BCUT2D eigenvalue weighted by atomic mass is 9.62. The van der Waals surface area contributed by atoms with Gasteiger partial charge in [-0.1, -0.05) is 58.3 Å². The summed E-state index contributed by atoms with van der Waals surface area (Å²) in [6.07, 6.45) is 18.8. The first-order valence-corrected chi connectivity index (χ1v) is 9.87. The summed E-state index contributed by atoms with van der Waals surface area (Å²) in [5.41, 5.74) is 0.581. The Balaban J connectivity index is 1.64. The van der Waals surface area contributed by atoms with Gasteiger partial charge in [-0.25, -0.2) is 0 Å². The van der Waals surface area contributed by atoms with Gasteiger partial charge in [0.25, 0.3) is 0 Å². The van der Waals surface area contributed by atoms with E-state index in [1.165, 1.54) is 83.5 Å². The van der Waals surface area contributed by atoms with E-state index in [0.717, 1.165) is 17.8 Å². The molecule has 4 unspecified atom stereocenters. The predicted molar refractivity (Wildman–Crippen MR) is 89.2 cm³/mol. The molecule has 1 heteroatoms. The van der Waals surface area contributed by atoms with Gasteiger partial charge >= 0.3 is 0 Å². The van der Waals surface area contributed by atoms with Crippen molar-refractivity contribution >= 4 is 0 Å². The highest BCUT2D eigenvalue weighted by Gasteiger charge is 2.41. The van der Waals surface area contributed by atoms with Crippen molar-refractivity contribution in [3.8, 4) is 0 Å². The Morgan fingerprint density at radius 3 is 2.48 bits per heavy atom. The van der Waals surface area contributed by atoms with Crippen molar-refractivity contribution in [1.29, 1.82) is 0 Å². The Bertz CT molecular complexity index is 320. The monoisotopic (exact) mass is 292 g/mol. The van der Waals surface area contributed by atoms with Gasteiger partial charge in [0.05, 0.1) is 0 Å². The van der Waals surface area contributed by atoms with E-state index in [1.54, 1.807) is 0 Å². The number of aliphatic hydroxyl groups excluding tert-OH is 1. The van der Waals surface area contributed by atoms with Crippen LogP contribution in [-0.4, -0.2) is 11.7 Å². The lowest BCUT2D eigenvalue weighted by molar-refractivity contribution is 0.0548. The summed E-state index contributed by atoms with van der Waals surface area (Å²) >= 11 is 0. The van der Waals surface area contributed by atoms with E-state index in [4.69, 9.17) is 0 Å². The Morgan fingerprint density at radius 2 is 1.76 bits per heavy atom. The smallest absolute Gasteiger partial charge is 0.0459 e. The first kappa shape index (κ1) is 15.8. The molecular weight excluding hydrogens is 256 g/mol. The fourth-order valence-corrected chi connectivity index (χ4v) is 6.27. The Hall–Kier alpha value is -0.0400. The molecule has 3 rings (SSSR count). The molecule has 1 N–H and O–H groups in total. The van der Waals surface area contributed by atoms with Crippen LogP contribution in [0, 0.1) is 29.1 Å². The predicted octanol–water partition coefficient (Wildman–Crippen LogP) is 5.56. The van der Waals surface area contributed by atoms with E-state index in [9.17, 15) is 5.11 Å². The van der Waals surface area contributed by atoms with Gasteiger partial charge < -0.3 is 5.11 Å². The number of hydrogen-bond donors (Lipinski definition) is 1. The SMILES string of the molecule is CCC1(CC2CCCC2C2CCCC2)CCCC(CO)C1. The molecule has 1 nitrogen and oxygen atoms in total. The zero-order valence-corrected chi connectivity index (χ0v) is 14.2. The van der Waals surface area contributed by atoms with E-state index in [0.29, 0.717) is 17.9 Å². The fraction of sp³-hybridized carbons (Fsp3) is 1.00. The minimum atomic E-state index is 0.429. The quantitative estimate of drug-likeness (QED) is 0.703. The van der Waals surface area contributed by atoms with E-state index >= 15 is 0 Å². The molecule has 0 saturated heterocycles. The van der Waals surface area contributed by atoms with Gasteiger partial charge in [-0.15, -0.1) is 0 Å². The van der Waals surface area contributed by atoms with Crippen molar-refractivity contribution in [3.63, 3.8) is 0 Å². The molecule has 3 saturated carbocycles. The summed E-state index contributed by atoms with van der Waals surface area (Å²) in [6, 6.07) is 0. The second kappa shape index (κ2) is 7.02. The van der Waals surface area contributed by atoms with Gasteiger partial charge in [-0.05, 0) is 61.2 Å². The molecule has 3 aliphatic rings. The average Bonchev–Trinajstić information content (AvgIpc) is 3.18. The standard InChI is InChI=1S/C20H36O/c1-2-20(12-6-7-16(13-20)15-21)14-18-10-5-11-19(18)17-8-3-4-9-17/h16-19,21H,2-15H2,1H3. The van der Waals surface area contributed by atoms with Crippen molar-refractivity contribution < 1.29 is 5.11 Å². The van der Waals surface area contributed by atoms with Gasteiger partial charge in [-0.2, -0.15) is 0 Å². The zero-order valence-electron chi connectivity index (χ0n) is 14.2. The van der Waals surface area contributed by atoms with E-state index in [-0.39, 0.29) is 0 Å². The van der Waals surface area contributed by atoms with Crippen LogP contribution in [0.1, 0.15) is 90.4 Å². The van der Waals surface area contributed by atoms with Gasteiger partial charge in [0.2, 0.25) is 0 Å². The molecule has 0 aliphatic heterocycles.